The second-order valence-electron chi connectivity index (χ2n) is 4.46. The molecule has 0 amide bonds. The molecule has 3 unspecified atom stereocenters. The quantitative estimate of drug-likeness (QED) is 0.595. The fraction of sp³-hybridized carbons (Fsp3) is 0.538. The van der Waals surface area contributed by atoms with Gasteiger partial charge in [0.15, 0.2) is 11.6 Å². The number of rotatable bonds is 3. The van der Waals surface area contributed by atoms with Crippen LogP contribution in [0.1, 0.15) is 30.7 Å². The third kappa shape index (κ3) is 2.50. The van der Waals surface area contributed by atoms with Crippen LogP contribution in [0.5, 0.6) is 0 Å². The standard InChI is InChI=1S/C13H14ClF3O/c1-2-12-7(3-4-18-12)13(14)8-5-10(16)11(17)6-9(8)15/h5-7,12-13H,2-4H2,1H3. The topological polar surface area (TPSA) is 9.23 Å². The van der Waals surface area contributed by atoms with Gasteiger partial charge < -0.3 is 4.74 Å². The van der Waals surface area contributed by atoms with Crippen LogP contribution in [0.3, 0.4) is 0 Å². The molecule has 0 bridgehead atoms. The van der Waals surface area contributed by atoms with Gasteiger partial charge in [0.05, 0.1) is 11.5 Å². The lowest BCUT2D eigenvalue weighted by Gasteiger charge is -2.22. The van der Waals surface area contributed by atoms with Crippen LogP contribution in [0.2, 0.25) is 0 Å². The van der Waals surface area contributed by atoms with E-state index in [0.717, 1.165) is 12.5 Å². The Morgan fingerprint density at radius 2 is 1.94 bits per heavy atom. The third-order valence-electron chi connectivity index (χ3n) is 3.38. The number of benzene rings is 1. The van der Waals surface area contributed by atoms with Crippen LogP contribution in [0.25, 0.3) is 0 Å². The lowest BCUT2D eigenvalue weighted by molar-refractivity contribution is 0.0862. The van der Waals surface area contributed by atoms with Crippen LogP contribution >= 0.6 is 11.6 Å². The highest BCUT2D eigenvalue weighted by atomic mass is 35.5. The number of alkyl halides is 1. The highest BCUT2D eigenvalue weighted by molar-refractivity contribution is 6.21. The Kier molecular flexibility index (Phi) is 4.17. The molecule has 1 saturated heterocycles. The number of hydrogen-bond donors (Lipinski definition) is 0. The van der Waals surface area contributed by atoms with Crippen molar-refractivity contribution in [2.24, 2.45) is 5.92 Å². The van der Waals surface area contributed by atoms with E-state index in [1.54, 1.807) is 0 Å². The second kappa shape index (κ2) is 5.49. The monoisotopic (exact) mass is 278 g/mol. The fourth-order valence-corrected chi connectivity index (χ4v) is 2.86. The van der Waals surface area contributed by atoms with Gasteiger partial charge in [0.1, 0.15) is 5.82 Å². The summed E-state index contributed by atoms with van der Waals surface area (Å²) in [6, 6.07) is 1.38. The molecule has 1 aromatic rings. The SMILES string of the molecule is CCC1OCCC1C(Cl)c1cc(F)c(F)cc1F. The summed E-state index contributed by atoms with van der Waals surface area (Å²) in [6.45, 7) is 2.52. The van der Waals surface area contributed by atoms with Crippen molar-refractivity contribution in [3.8, 4) is 0 Å². The minimum Gasteiger partial charge on any atom is -0.378 e. The van der Waals surface area contributed by atoms with E-state index in [9.17, 15) is 13.2 Å². The van der Waals surface area contributed by atoms with Gasteiger partial charge in [-0.1, -0.05) is 6.92 Å². The predicted molar refractivity (Wildman–Crippen MR) is 63.0 cm³/mol. The van der Waals surface area contributed by atoms with Gasteiger partial charge in [-0.3, -0.25) is 0 Å². The maximum Gasteiger partial charge on any atom is 0.161 e. The van der Waals surface area contributed by atoms with E-state index in [1.165, 1.54) is 0 Å². The molecule has 1 heterocycles. The molecule has 100 valence electrons. The van der Waals surface area contributed by atoms with E-state index in [-0.39, 0.29) is 17.6 Å². The summed E-state index contributed by atoms with van der Waals surface area (Å²) in [6.07, 6.45) is 1.41. The van der Waals surface area contributed by atoms with Gasteiger partial charge in [-0.05, 0) is 18.9 Å². The van der Waals surface area contributed by atoms with Crippen LogP contribution < -0.4 is 0 Å². The van der Waals surface area contributed by atoms with Gasteiger partial charge in [-0.25, -0.2) is 13.2 Å². The summed E-state index contributed by atoms with van der Waals surface area (Å²) in [4.78, 5) is 0. The molecule has 1 fully saturated rings. The van der Waals surface area contributed by atoms with Crippen LogP contribution in [0.4, 0.5) is 13.2 Å². The zero-order chi connectivity index (χ0) is 13.3. The van der Waals surface area contributed by atoms with E-state index in [1.807, 2.05) is 6.92 Å². The number of ether oxygens (including phenoxy) is 1. The molecule has 0 aromatic heterocycles. The van der Waals surface area contributed by atoms with Crippen molar-refractivity contribution in [2.75, 3.05) is 6.61 Å². The van der Waals surface area contributed by atoms with Gasteiger partial charge in [0.2, 0.25) is 0 Å². The normalized spacial score (nSPS) is 25.4. The molecular formula is C13H14ClF3O. The van der Waals surface area contributed by atoms with Gasteiger partial charge in [-0.15, -0.1) is 11.6 Å². The summed E-state index contributed by atoms with van der Waals surface area (Å²) in [5.74, 6) is -3.16. The molecule has 1 nitrogen and oxygen atoms in total. The minimum absolute atomic E-state index is 0.00418. The first kappa shape index (κ1) is 13.7. The molecule has 0 saturated carbocycles. The summed E-state index contributed by atoms with van der Waals surface area (Å²) >= 11 is 6.21. The first-order chi connectivity index (χ1) is 8.54. The smallest absolute Gasteiger partial charge is 0.161 e. The molecule has 0 spiro atoms. The number of halogens is 4. The van der Waals surface area contributed by atoms with Crippen LogP contribution in [0, 0.1) is 23.4 Å². The molecule has 1 aromatic carbocycles. The Morgan fingerprint density at radius 1 is 1.28 bits per heavy atom. The van der Waals surface area contributed by atoms with Crippen molar-refractivity contribution in [2.45, 2.75) is 31.2 Å². The van der Waals surface area contributed by atoms with Crippen LogP contribution in [-0.2, 0) is 4.74 Å². The zero-order valence-corrected chi connectivity index (χ0v) is 10.7. The molecule has 0 radical (unpaired) electrons. The summed E-state index contributed by atoms with van der Waals surface area (Å²) in [5, 5.41) is -0.701. The van der Waals surface area contributed by atoms with Crippen molar-refractivity contribution in [3.05, 3.63) is 35.1 Å². The maximum absolute atomic E-state index is 13.6. The molecule has 0 aliphatic carbocycles. The predicted octanol–water partition coefficient (Wildman–Crippen LogP) is 4.20. The van der Waals surface area contributed by atoms with E-state index in [2.05, 4.69) is 0 Å². The molecule has 1 aliphatic heterocycles. The number of hydrogen-bond acceptors (Lipinski definition) is 1. The minimum atomic E-state index is -1.20. The lowest BCUT2D eigenvalue weighted by atomic mass is 9.91. The van der Waals surface area contributed by atoms with Gasteiger partial charge in [0.25, 0.3) is 0 Å². The largest absolute Gasteiger partial charge is 0.378 e. The van der Waals surface area contributed by atoms with Gasteiger partial charge >= 0.3 is 0 Å². The van der Waals surface area contributed by atoms with Crippen molar-refractivity contribution in [1.82, 2.24) is 0 Å². The molecule has 1 aliphatic rings. The van der Waals surface area contributed by atoms with E-state index in [4.69, 9.17) is 16.3 Å². The van der Waals surface area contributed by atoms with Crippen molar-refractivity contribution in [3.63, 3.8) is 0 Å². The molecule has 5 heteroatoms. The van der Waals surface area contributed by atoms with Crippen molar-refractivity contribution < 1.29 is 17.9 Å². The van der Waals surface area contributed by atoms with E-state index in [0.29, 0.717) is 19.1 Å². The Morgan fingerprint density at radius 3 is 2.61 bits per heavy atom. The average molecular weight is 279 g/mol. The highest BCUT2D eigenvalue weighted by Gasteiger charge is 2.35. The van der Waals surface area contributed by atoms with E-state index >= 15 is 0 Å². The molecule has 18 heavy (non-hydrogen) atoms. The summed E-state index contributed by atoms with van der Waals surface area (Å²) in [5.41, 5.74) is 0.00418. The maximum atomic E-state index is 13.6. The van der Waals surface area contributed by atoms with E-state index < -0.39 is 22.8 Å². The first-order valence-corrected chi connectivity index (χ1v) is 6.38. The Bertz CT molecular complexity index is 438. The lowest BCUT2D eigenvalue weighted by Crippen LogP contribution is -2.20. The fourth-order valence-electron chi connectivity index (χ4n) is 2.40. The van der Waals surface area contributed by atoms with Crippen LogP contribution in [0.15, 0.2) is 12.1 Å². The Balaban J connectivity index is 2.28. The highest BCUT2D eigenvalue weighted by Crippen LogP contribution is 2.40. The molecule has 0 N–H and O–H groups in total. The first-order valence-electron chi connectivity index (χ1n) is 5.94. The molecule has 3 atom stereocenters. The zero-order valence-electron chi connectivity index (χ0n) is 9.93. The summed E-state index contributed by atoms with van der Waals surface area (Å²) in [7, 11) is 0. The third-order valence-corrected chi connectivity index (χ3v) is 3.93. The molecular weight excluding hydrogens is 265 g/mol. The van der Waals surface area contributed by atoms with Crippen LogP contribution in [-0.4, -0.2) is 12.7 Å². The average Bonchev–Trinajstić information content (AvgIpc) is 2.81. The Hall–Kier alpha value is -0.740. The Labute approximate surface area is 109 Å². The second-order valence-corrected chi connectivity index (χ2v) is 4.93. The van der Waals surface area contributed by atoms with Crippen molar-refractivity contribution in [1.29, 1.82) is 0 Å². The molecule has 2 rings (SSSR count). The van der Waals surface area contributed by atoms with Gasteiger partial charge in [-0.2, -0.15) is 0 Å². The van der Waals surface area contributed by atoms with Crippen molar-refractivity contribution >= 4 is 11.6 Å². The summed E-state index contributed by atoms with van der Waals surface area (Å²) < 4.78 is 45.1. The van der Waals surface area contributed by atoms with Gasteiger partial charge in [0, 0.05) is 24.2 Å².